The zero-order valence-electron chi connectivity index (χ0n) is 9.25. The van der Waals surface area contributed by atoms with E-state index in [0.717, 1.165) is 19.5 Å². The van der Waals surface area contributed by atoms with Crippen molar-refractivity contribution in [1.29, 1.82) is 5.26 Å². The first-order valence-electron chi connectivity index (χ1n) is 5.59. The van der Waals surface area contributed by atoms with Gasteiger partial charge in [0.2, 0.25) is 5.91 Å². The second kappa shape index (κ2) is 6.41. The van der Waals surface area contributed by atoms with Crippen LogP contribution in [-0.2, 0) is 4.79 Å². The zero-order valence-corrected chi connectivity index (χ0v) is 9.25. The number of carbonyl (C=O) groups excluding carboxylic acids is 1. The summed E-state index contributed by atoms with van der Waals surface area (Å²) >= 11 is 0. The van der Waals surface area contributed by atoms with Crippen molar-refractivity contribution in [2.45, 2.75) is 26.2 Å². The molecule has 0 radical (unpaired) electrons. The molecule has 4 heteroatoms. The van der Waals surface area contributed by atoms with Gasteiger partial charge in [-0.25, -0.2) is 0 Å². The fourth-order valence-electron chi connectivity index (χ4n) is 1.70. The second-order valence-electron chi connectivity index (χ2n) is 4.23. The number of hydrogen-bond donors (Lipinski definition) is 2. The molecule has 84 valence electrons. The van der Waals surface area contributed by atoms with Crippen LogP contribution in [0.25, 0.3) is 0 Å². The molecule has 4 nitrogen and oxygen atoms in total. The smallest absolute Gasteiger partial charge is 0.220 e. The topological polar surface area (TPSA) is 64.9 Å². The Kier molecular flexibility index (Phi) is 5.13. The van der Waals surface area contributed by atoms with Crippen LogP contribution >= 0.6 is 0 Å². The maximum absolute atomic E-state index is 11.4. The van der Waals surface area contributed by atoms with Gasteiger partial charge in [0.1, 0.15) is 0 Å². The van der Waals surface area contributed by atoms with E-state index < -0.39 is 0 Å². The normalized spacial score (nSPS) is 22.0. The Bertz CT molecular complexity index is 241. The molecule has 0 aromatic heterocycles. The van der Waals surface area contributed by atoms with Crippen LogP contribution in [0.4, 0.5) is 0 Å². The van der Waals surface area contributed by atoms with E-state index in [4.69, 9.17) is 5.26 Å². The third kappa shape index (κ3) is 4.80. The third-order valence-electron chi connectivity index (χ3n) is 2.77. The molecule has 1 aliphatic rings. The summed E-state index contributed by atoms with van der Waals surface area (Å²) < 4.78 is 0. The minimum atomic E-state index is -0.0953. The molecular formula is C11H19N3O. The number of nitriles is 1. The average molecular weight is 209 g/mol. The molecule has 0 bridgehead atoms. The molecule has 1 heterocycles. The SMILES string of the molecule is CC(C#N)CNC(=O)CCC1CCNC1. The summed E-state index contributed by atoms with van der Waals surface area (Å²) in [5.41, 5.74) is 0. The molecule has 0 aromatic rings. The molecule has 2 unspecified atom stereocenters. The van der Waals surface area contributed by atoms with E-state index in [1.807, 2.05) is 0 Å². The molecule has 1 saturated heterocycles. The Morgan fingerprint density at radius 1 is 1.73 bits per heavy atom. The fourth-order valence-corrected chi connectivity index (χ4v) is 1.70. The molecule has 1 fully saturated rings. The van der Waals surface area contributed by atoms with Gasteiger partial charge in [0, 0.05) is 13.0 Å². The van der Waals surface area contributed by atoms with Gasteiger partial charge in [0.05, 0.1) is 12.0 Å². The van der Waals surface area contributed by atoms with Crippen molar-refractivity contribution in [3.05, 3.63) is 0 Å². The highest BCUT2D eigenvalue weighted by Gasteiger charge is 2.15. The summed E-state index contributed by atoms with van der Waals surface area (Å²) in [7, 11) is 0. The van der Waals surface area contributed by atoms with Crippen LogP contribution in [0.5, 0.6) is 0 Å². The standard InChI is InChI=1S/C11H19N3O/c1-9(6-12)7-14-11(15)3-2-10-4-5-13-8-10/h9-10,13H,2-5,7-8H2,1H3,(H,14,15). The molecular weight excluding hydrogens is 190 g/mol. The maximum atomic E-state index is 11.4. The van der Waals surface area contributed by atoms with Gasteiger partial charge >= 0.3 is 0 Å². The summed E-state index contributed by atoms with van der Waals surface area (Å²) in [5.74, 6) is 0.634. The Morgan fingerprint density at radius 3 is 3.13 bits per heavy atom. The molecule has 0 aromatic carbocycles. The summed E-state index contributed by atoms with van der Waals surface area (Å²) in [6, 6.07) is 2.09. The number of carbonyl (C=O) groups is 1. The molecule has 0 saturated carbocycles. The van der Waals surface area contributed by atoms with Gasteiger partial charge in [-0.15, -0.1) is 0 Å². The van der Waals surface area contributed by atoms with Gasteiger partial charge in [0.15, 0.2) is 0 Å². The zero-order chi connectivity index (χ0) is 11.1. The third-order valence-corrected chi connectivity index (χ3v) is 2.77. The molecule has 1 rings (SSSR count). The van der Waals surface area contributed by atoms with E-state index >= 15 is 0 Å². The fraction of sp³-hybridized carbons (Fsp3) is 0.818. The number of nitrogens with zero attached hydrogens (tertiary/aromatic N) is 1. The summed E-state index contributed by atoms with van der Waals surface area (Å²) in [6.45, 7) is 4.40. The Hall–Kier alpha value is -1.08. The molecule has 2 N–H and O–H groups in total. The Balaban J connectivity index is 2.05. The number of nitrogens with one attached hydrogen (secondary N) is 2. The largest absolute Gasteiger partial charge is 0.355 e. The van der Waals surface area contributed by atoms with Crippen LogP contribution in [0, 0.1) is 23.2 Å². The summed E-state index contributed by atoms with van der Waals surface area (Å²) in [5, 5.41) is 14.6. The van der Waals surface area contributed by atoms with Crippen LogP contribution in [0.15, 0.2) is 0 Å². The summed E-state index contributed by atoms with van der Waals surface area (Å²) in [6.07, 6.45) is 2.73. The van der Waals surface area contributed by atoms with E-state index in [2.05, 4.69) is 16.7 Å². The lowest BCUT2D eigenvalue weighted by Crippen LogP contribution is -2.28. The average Bonchev–Trinajstić information content (AvgIpc) is 2.75. The molecule has 2 atom stereocenters. The minimum Gasteiger partial charge on any atom is -0.355 e. The van der Waals surface area contributed by atoms with Gasteiger partial charge in [0.25, 0.3) is 0 Å². The number of hydrogen-bond acceptors (Lipinski definition) is 3. The van der Waals surface area contributed by atoms with Crippen molar-refractivity contribution in [1.82, 2.24) is 10.6 Å². The lowest BCUT2D eigenvalue weighted by Gasteiger charge is -2.09. The monoisotopic (exact) mass is 209 g/mol. The van der Waals surface area contributed by atoms with Crippen molar-refractivity contribution in [3.8, 4) is 6.07 Å². The van der Waals surface area contributed by atoms with Gasteiger partial charge in [-0.05, 0) is 38.8 Å². The number of rotatable bonds is 5. The van der Waals surface area contributed by atoms with Crippen LogP contribution in [-0.4, -0.2) is 25.5 Å². The van der Waals surface area contributed by atoms with Crippen LogP contribution < -0.4 is 10.6 Å². The lowest BCUT2D eigenvalue weighted by atomic mass is 10.0. The van der Waals surface area contributed by atoms with Crippen LogP contribution in [0.1, 0.15) is 26.2 Å². The van der Waals surface area contributed by atoms with Crippen molar-refractivity contribution in [2.75, 3.05) is 19.6 Å². The first kappa shape index (κ1) is 12.0. The highest BCUT2D eigenvalue weighted by molar-refractivity contribution is 5.75. The van der Waals surface area contributed by atoms with E-state index in [9.17, 15) is 4.79 Å². The van der Waals surface area contributed by atoms with Crippen molar-refractivity contribution < 1.29 is 4.79 Å². The molecule has 15 heavy (non-hydrogen) atoms. The first-order chi connectivity index (χ1) is 7.22. The number of amides is 1. The van der Waals surface area contributed by atoms with Crippen LogP contribution in [0.2, 0.25) is 0 Å². The molecule has 1 aliphatic heterocycles. The van der Waals surface area contributed by atoms with E-state index in [1.54, 1.807) is 6.92 Å². The Labute approximate surface area is 91.0 Å². The van der Waals surface area contributed by atoms with Gasteiger partial charge in [-0.1, -0.05) is 0 Å². The quantitative estimate of drug-likeness (QED) is 0.699. The highest BCUT2D eigenvalue weighted by atomic mass is 16.1. The van der Waals surface area contributed by atoms with E-state index in [1.165, 1.54) is 6.42 Å². The van der Waals surface area contributed by atoms with Gasteiger partial charge < -0.3 is 10.6 Å². The van der Waals surface area contributed by atoms with Gasteiger partial charge in [-0.3, -0.25) is 4.79 Å². The predicted octanol–water partition coefficient (Wildman–Crippen LogP) is 0.652. The highest BCUT2D eigenvalue weighted by Crippen LogP contribution is 2.13. The van der Waals surface area contributed by atoms with Crippen molar-refractivity contribution in [2.24, 2.45) is 11.8 Å². The maximum Gasteiger partial charge on any atom is 0.220 e. The lowest BCUT2D eigenvalue weighted by molar-refractivity contribution is -0.121. The minimum absolute atomic E-state index is 0.0731. The van der Waals surface area contributed by atoms with Gasteiger partial charge in [-0.2, -0.15) is 5.26 Å². The molecule has 1 amide bonds. The summed E-state index contributed by atoms with van der Waals surface area (Å²) in [4.78, 5) is 11.4. The first-order valence-corrected chi connectivity index (χ1v) is 5.59. The van der Waals surface area contributed by atoms with Crippen molar-refractivity contribution >= 4 is 5.91 Å². The van der Waals surface area contributed by atoms with E-state index in [0.29, 0.717) is 18.9 Å². The second-order valence-corrected chi connectivity index (χ2v) is 4.23. The molecule has 0 aliphatic carbocycles. The molecule has 0 spiro atoms. The predicted molar refractivity (Wildman–Crippen MR) is 58.0 cm³/mol. The van der Waals surface area contributed by atoms with Crippen molar-refractivity contribution in [3.63, 3.8) is 0 Å². The van der Waals surface area contributed by atoms with Crippen LogP contribution in [0.3, 0.4) is 0 Å². The Morgan fingerprint density at radius 2 is 2.53 bits per heavy atom. The van der Waals surface area contributed by atoms with E-state index in [-0.39, 0.29) is 11.8 Å².